The molecule has 1 aromatic rings. The lowest BCUT2D eigenvalue weighted by Gasteiger charge is -2.17. The van der Waals surface area contributed by atoms with Crippen LogP contribution in [0.25, 0.3) is 0 Å². The zero-order valence-electron chi connectivity index (χ0n) is 8.99. The smallest absolute Gasteiger partial charge is 0.229 e. The molecule has 80 valence electrons. The van der Waals surface area contributed by atoms with Crippen LogP contribution < -0.4 is 0 Å². The average Bonchev–Trinajstić information content (AvgIpc) is 2.98. The van der Waals surface area contributed by atoms with Gasteiger partial charge in [0.2, 0.25) is 5.91 Å². The molecule has 4 nitrogen and oxygen atoms in total. The summed E-state index contributed by atoms with van der Waals surface area (Å²) in [5, 5.41) is 3.89. The fourth-order valence-electron chi connectivity index (χ4n) is 2.24. The topological polar surface area (TPSA) is 46.3 Å². The van der Waals surface area contributed by atoms with Crippen LogP contribution in [0, 0.1) is 18.3 Å². The minimum atomic E-state index is 0.0630. The first-order valence-electron chi connectivity index (χ1n) is 5.29. The van der Waals surface area contributed by atoms with E-state index < -0.39 is 0 Å². The summed E-state index contributed by atoms with van der Waals surface area (Å²) in [7, 11) is 1.84. The Labute approximate surface area is 88.2 Å². The highest BCUT2D eigenvalue weighted by molar-refractivity contribution is 5.89. The third kappa shape index (κ3) is 1.28. The van der Waals surface area contributed by atoms with Crippen molar-refractivity contribution in [2.75, 3.05) is 7.05 Å². The van der Waals surface area contributed by atoms with Crippen molar-refractivity contribution in [2.45, 2.75) is 26.3 Å². The summed E-state index contributed by atoms with van der Waals surface area (Å²) in [5.41, 5.74) is 0.894. The molecule has 2 aliphatic carbocycles. The molecule has 1 amide bonds. The van der Waals surface area contributed by atoms with Crippen LogP contribution in [0.1, 0.15) is 24.3 Å². The van der Waals surface area contributed by atoms with Gasteiger partial charge in [-0.1, -0.05) is 5.16 Å². The van der Waals surface area contributed by atoms with E-state index in [2.05, 4.69) is 5.16 Å². The molecule has 2 fully saturated rings. The molecule has 1 heterocycles. The van der Waals surface area contributed by atoms with Gasteiger partial charge in [0.1, 0.15) is 11.5 Å². The summed E-state index contributed by atoms with van der Waals surface area (Å²) in [4.78, 5) is 13.7. The van der Waals surface area contributed by atoms with Crippen molar-refractivity contribution in [3.63, 3.8) is 0 Å². The number of hydrogen-bond acceptors (Lipinski definition) is 3. The fourth-order valence-corrected chi connectivity index (χ4v) is 2.24. The van der Waals surface area contributed by atoms with Gasteiger partial charge < -0.3 is 9.42 Å². The summed E-state index contributed by atoms with van der Waals surface area (Å²) >= 11 is 0. The van der Waals surface area contributed by atoms with E-state index in [1.165, 1.54) is 0 Å². The zero-order chi connectivity index (χ0) is 10.6. The lowest BCUT2D eigenvalue weighted by Crippen LogP contribution is -2.30. The minimum Gasteiger partial charge on any atom is -0.361 e. The molecule has 4 heteroatoms. The maximum atomic E-state index is 11.9. The van der Waals surface area contributed by atoms with E-state index in [-0.39, 0.29) is 11.3 Å². The molecule has 0 bridgehead atoms. The molecule has 1 aromatic heterocycles. The second-order valence-corrected chi connectivity index (χ2v) is 4.85. The highest BCUT2D eigenvalue weighted by Gasteiger charge is 2.75. The Kier molecular flexibility index (Phi) is 1.56. The SMILES string of the molecule is Cc1cc(CN(C)C(=O)C23CC2C3)no1. The highest BCUT2D eigenvalue weighted by atomic mass is 16.5. The Morgan fingerprint density at radius 3 is 2.87 bits per heavy atom. The molecule has 15 heavy (non-hydrogen) atoms. The van der Waals surface area contributed by atoms with Crippen molar-refractivity contribution in [1.82, 2.24) is 10.1 Å². The lowest BCUT2D eigenvalue weighted by atomic mass is 10.2. The second kappa shape index (κ2) is 2.62. The Morgan fingerprint density at radius 2 is 2.40 bits per heavy atom. The van der Waals surface area contributed by atoms with Gasteiger partial charge >= 0.3 is 0 Å². The van der Waals surface area contributed by atoms with Gasteiger partial charge in [-0.2, -0.15) is 0 Å². The van der Waals surface area contributed by atoms with Crippen molar-refractivity contribution in [2.24, 2.45) is 11.3 Å². The largest absolute Gasteiger partial charge is 0.361 e. The third-order valence-electron chi connectivity index (χ3n) is 3.53. The van der Waals surface area contributed by atoms with Crippen LogP contribution in [0.2, 0.25) is 0 Å². The van der Waals surface area contributed by atoms with Gasteiger partial charge in [0, 0.05) is 13.1 Å². The average molecular weight is 206 g/mol. The first-order valence-corrected chi connectivity index (χ1v) is 5.29. The van der Waals surface area contributed by atoms with Crippen LogP contribution in [0.4, 0.5) is 0 Å². The van der Waals surface area contributed by atoms with Crippen molar-refractivity contribution in [1.29, 1.82) is 0 Å². The van der Waals surface area contributed by atoms with E-state index in [0.29, 0.717) is 12.5 Å². The summed E-state index contributed by atoms with van der Waals surface area (Å²) in [6, 6.07) is 1.87. The van der Waals surface area contributed by atoms with Crippen molar-refractivity contribution in [3.05, 3.63) is 17.5 Å². The zero-order valence-corrected chi connectivity index (χ0v) is 8.99. The molecular formula is C11H14N2O2. The summed E-state index contributed by atoms with van der Waals surface area (Å²) < 4.78 is 4.97. The van der Waals surface area contributed by atoms with Crippen molar-refractivity contribution < 1.29 is 9.32 Å². The van der Waals surface area contributed by atoms with Crippen molar-refractivity contribution >= 4 is 5.91 Å². The van der Waals surface area contributed by atoms with E-state index in [1.54, 1.807) is 4.90 Å². The molecule has 0 saturated heterocycles. The molecule has 0 aromatic carbocycles. The maximum Gasteiger partial charge on any atom is 0.229 e. The van der Waals surface area contributed by atoms with Crippen LogP contribution in [0.15, 0.2) is 10.6 Å². The number of nitrogens with zero attached hydrogens (tertiary/aromatic N) is 2. The molecule has 3 rings (SSSR count). The van der Waals surface area contributed by atoms with Gasteiger partial charge in [-0.3, -0.25) is 4.79 Å². The van der Waals surface area contributed by atoms with Crippen molar-refractivity contribution in [3.8, 4) is 0 Å². The Morgan fingerprint density at radius 1 is 1.73 bits per heavy atom. The minimum absolute atomic E-state index is 0.0630. The molecule has 2 saturated carbocycles. The normalized spacial score (nSPS) is 30.9. The van der Waals surface area contributed by atoms with Crippen LogP contribution in [0.3, 0.4) is 0 Å². The predicted molar refractivity (Wildman–Crippen MR) is 52.9 cm³/mol. The Hall–Kier alpha value is -1.32. The number of aryl methyl sites for hydroxylation is 1. The van der Waals surface area contributed by atoms with Crippen LogP contribution in [-0.4, -0.2) is 23.0 Å². The maximum absolute atomic E-state index is 11.9. The molecule has 0 atom stereocenters. The summed E-state index contributed by atoms with van der Waals surface area (Å²) in [6.07, 6.45) is 2.21. The van der Waals surface area contributed by atoms with Gasteiger partial charge in [0.15, 0.2) is 0 Å². The molecule has 0 unspecified atom stereocenters. The number of carbonyl (C=O) groups is 1. The third-order valence-corrected chi connectivity index (χ3v) is 3.53. The summed E-state index contributed by atoms with van der Waals surface area (Å²) in [5.74, 6) is 1.78. The molecule has 0 spiro atoms. The van der Waals surface area contributed by atoms with E-state index >= 15 is 0 Å². The Balaban J connectivity index is 1.65. The van der Waals surface area contributed by atoms with Gasteiger partial charge in [-0.25, -0.2) is 0 Å². The monoisotopic (exact) mass is 206 g/mol. The van der Waals surface area contributed by atoms with Gasteiger partial charge in [0.25, 0.3) is 0 Å². The number of carbonyl (C=O) groups excluding carboxylic acids is 1. The summed E-state index contributed by atoms with van der Waals surface area (Å²) in [6.45, 7) is 2.42. The standard InChI is InChI=1S/C11H14N2O2/c1-7-3-9(12-15-7)6-13(2)10(14)11-4-8(11)5-11/h3,8H,4-6H2,1-2H3. The van der Waals surface area contributed by atoms with Gasteiger partial charge in [-0.05, 0) is 25.7 Å². The number of fused-ring (bicyclic) bond motifs is 1. The highest BCUT2D eigenvalue weighted by Crippen LogP contribution is 2.75. The molecule has 0 N–H and O–H groups in total. The molecule has 0 aliphatic heterocycles. The number of hydrogen-bond donors (Lipinski definition) is 0. The van der Waals surface area contributed by atoms with E-state index in [0.717, 1.165) is 24.3 Å². The predicted octanol–water partition coefficient (Wildman–Crippen LogP) is 1.35. The second-order valence-electron chi connectivity index (χ2n) is 4.85. The van der Waals surface area contributed by atoms with Crippen LogP contribution >= 0.6 is 0 Å². The number of aromatic nitrogens is 1. The van der Waals surface area contributed by atoms with Gasteiger partial charge in [0.05, 0.1) is 12.0 Å². The quantitative estimate of drug-likeness (QED) is 0.750. The lowest BCUT2D eigenvalue weighted by molar-refractivity contribution is -0.134. The first-order chi connectivity index (χ1) is 7.12. The fraction of sp³-hybridized carbons (Fsp3) is 0.636. The van der Waals surface area contributed by atoms with E-state index in [4.69, 9.17) is 4.52 Å². The van der Waals surface area contributed by atoms with E-state index in [1.807, 2.05) is 20.0 Å². The van der Waals surface area contributed by atoms with E-state index in [9.17, 15) is 4.79 Å². The molecular weight excluding hydrogens is 192 g/mol. The van der Waals surface area contributed by atoms with Gasteiger partial charge in [-0.15, -0.1) is 0 Å². The van der Waals surface area contributed by atoms with Crippen LogP contribution in [0.5, 0.6) is 0 Å². The number of rotatable bonds is 3. The first kappa shape index (κ1) is 8.95. The Bertz CT molecular complexity index is 418. The van der Waals surface area contributed by atoms with Crippen LogP contribution in [-0.2, 0) is 11.3 Å². The molecule has 2 aliphatic rings. The number of amides is 1. The molecule has 0 radical (unpaired) electrons.